The van der Waals surface area contributed by atoms with E-state index in [0.29, 0.717) is 49.0 Å². The minimum atomic E-state index is -4.82. The van der Waals surface area contributed by atoms with E-state index in [-0.39, 0.29) is 22.7 Å². The Morgan fingerprint density at radius 2 is 1.80 bits per heavy atom. The summed E-state index contributed by atoms with van der Waals surface area (Å²) in [7, 11) is -2.96. The summed E-state index contributed by atoms with van der Waals surface area (Å²) < 4.78 is 65.4. The molecule has 5 heterocycles. The molecule has 2 saturated heterocycles. The Labute approximate surface area is 199 Å². The van der Waals surface area contributed by atoms with Crippen LogP contribution >= 0.6 is 0 Å². The van der Waals surface area contributed by atoms with Crippen molar-refractivity contribution in [2.45, 2.75) is 19.2 Å². The van der Waals surface area contributed by atoms with Crippen LogP contribution in [0.15, 0.2) is 48.9 Å². The number of nitrogens with zero attached hydrogens (tertiary/aromatic N) is 5. The molecular weight excluding hydrogens is 485 g/mol. The zero-order chi connectivity index (χ0) is 24.7. The Balaban J connectivity index is 1.41. The Bertz CT molecular complexity index is 1320. The summed E-state index contributed by atoms with van der Waals surface area (Å²) in [5, 5.41) is 2.93. The minimum absolute atomic E-state index is 0.0524. The fraction of sp³-hybridized carbons (Fsp3) is 0.364. The van der Waals surface area contributed by atoms with E-state index in [9.17, 15) is 21.6 Å². The lowest BCUT2D eigenvalue weighted by atomic mass is 9.75. The highest BCUT2D eigenvalue weighted by Gasteiger charge is 2.47. The highest BCUT2D eigenvalue weighted by Crippen LogP contribution is 2.43. The summed E-state index contributed by atoms with van der Waals surface area (Å²) in [5.41, 5.74) is 0.613. The van der Waals surface area contributed by atoms with Gasteiger partial charge in [-0.25, -0.2) is 23.4 Å². The molecule has 35 heavy (non-hydrogen) atoms. The van der Waals surface area contributed by atoms with Gasteiger partial charge in [-0.05, 0) is 31.0 Å². The molecule has 0 amide bonds. The highest BCUT2D eigenvalue weighted by molar-refractivity contribution is 7.91. The number of sulfone groups is 1. The van der Waals surface area contributed by atoms with Gasteiger partial charge in [0, 0.05) is 54.8 Å². The number of hydrogen-bond donors (Lipinski definition) is 1. The van der Waals surface area contributed by atoms with Gasteiger partial charge in [0.05, 0.1) is 11.5 Å². The fourth-order valence-electron chi connectivity index (χ4n) is 4.31. The van der Waals surface area contributed by atoms with Gasteiger partial charge in [-0.15, -0.1) is 13.2 Å². The number of anilines is 3. The van der Waals surface area contributed by atoms with Crippen molar-refractivity contribution in [1.82, 2.24) is 19.9 Å². The highest BCUT2D eigenvalue weighted by atomic mass is 32.2. The molecule has 0 unspecified atom stereocenters. The van der Waals surface area contributed by atoms with Crippen LogP contribution in [0.3, 0.4) is 0 Å². The van der Waals surface area contributed by atoms with E-state index >= 15 is 0 Å². The van der Waals surface area contributed by atoms with E-state index in [4.69, 9.17) is 0 Å². The van der Waals surface area contributed by atoms with Crippen molar-refractivity contribution in [3.8, 4) is 17.1 Å². The average Bonchev–Trinajstić information content (AvgIpc) is 2.77. The molecule has 0 saturated carbocycles. The molecule has 5 rings (SSSR count). The maximum atomic E-state index is 12.6. The van der Waals surface area contributed by atoms with Gasteiger partial charge >= 0.3 is 6.36 Å². The van der Waals surface area contributed by atoms with E-state index in [2.05, 4.69) is 30.0 Å². The van der Waals surface area contributed by atoms with Crippen LogP contribution in [0.25, 0.3) is 11.4 Å². The monoisotopic (exact) mass is 506 g/mol. The third-order valence-corrected chi connectivity index (χ3v) is 7.77. The van der Waals surface area contributed by atoms with Gasteiger partial charge in [-0.2, -0.15) is 0 Å². The Morgan fingerprint density at radius 1 is 1.03 bits per heavy atom. The zero-order valence-electron chi connectivity index (χ0n) is 18.4. The van der Waals surface area contributed by atoms with E-state index in [1.165, 1.54) is 6.20 Å². The summed E-state index contributed by atoms with van der Waals surface area (Å²) in [6.07, 6.45) is 0.853. The number of halogens is 3. The van der Waals surface area contributed by atoms with Gasteiger partial charge in [-0.1, -0.05) is 0 Å². The van der Waals surface area contributed by atoms with Gasteiger partial charge in [0.25, 0.3) is 0 Å². The van der Waals surface area contributed by atoms with Gasteiger partial charge in [0.2, 0.25) is 0 Å². The third-order valence-electron chi connectivity index (χ3n) is 6.12. The molecule has 0 radical (unpaired) electrons. The molecule has 0 aromatic carbocycles. The first-order chi connectivity index (χ1) is 16.6. The first-order valence-electron chi connectivity index (χ1n) is 10.8. The van der Waals surface area contributed by atoms with Crippen LogP contribution in [0.2, 0.25) is 0 Å². The standard InChI is InChI=1S/C22H21F3N6O3S/c23-22(24,25)34-16-3-7-27-17(10-16)28-18-11-19(30-20(29-18)15-2-1-6-26-12-15)31-13-21(14-31)4-8-35(32,33)9-5-21/h1-3,6-7,10-12H,4-5,8-9,13-14H2,(H,27,28,29,30). The predicted molar refractivity (Wildman–Crippen MR) is 122 cm³/mol. The number of nitrogens with one attached hydrogen (secondary N) is 1. The second-order valence-corrected chi connectivity index (χ2v) is 11.0. The van der Waals surface area contributed by atoms with Crippen molar-refractivity contribution in [2.24, 2.45) is 5.41 Å². The Morgan fingerprint density at radius 3 is 2.49 bits per heavy atom. The normalized spacial score (nSPS) is 18.7. The first kappa shape index (κ1) is 23.3. The largest absolute Gasteiger partial charge is 0.573 e. The SMILES string of the molecule is O=S1(=O)CCC2(CC1)CN(c1cc(Nc3cc(OC(F)(F)F)ccn3)nc(-c3cccnc3)n1)C2. The molecule has 0 bridgehead atoms. The van der Waals surface area contributed by atoms with Crippen LogP contribution in [0, 0.1) is 5.41 Å². The van der Waals surface area contributed by atoms with Crippen molar-refractivity contribution >= 4 is 27.3 Å². The molecule has 0 atom stereocenters. The summed E-state index contributed by atoms with van der Waals surface area (Å²) in [6, 6.07) is 7.47. The number of rotatable bonds is 5. The molecule has 2 aliphatic rings. The lowest BCUT2D eigenvalue weighted by Gasteiger charge is -2.52. The summed E-state index contributed by atoms with van der Waals surface area (Å²) in [5.74, 6) is 1.43. The molecule has 3 aromatic heterocycles. The van der Waals surface area contributed by atoms with Gasteiger partial charge in [-0.3, -0.25) is 4.98 Å². The molecule has 0 aliphatic carbocycles. The predicted octanol–water partition coefficient (Wildman–Crippen LogP) is 3.59. The van der Waals surface area contributed by atoms with Gasteiger partial charge < -0.3 is 15.0 Å². The third kappa shape index (κ3) is 5.45. The number of pyridine rings is 2. The van der Waals surface area contributed by atoms with Crippen LogP contribution in [-0.2, 0) is 9.84 Å². The summed E-state index contributed by atoms with van der Waals surface area (Å²) >= 11 is 0. The van der Waals surface area contributed by atoms with Crippen LogP contribution in [0.4, 0.5) is 30.6 Å². The maximum absolute atomic E-state index is 12.6. The number of ether oxygens (including phenoxy) is 1. The number of hydrogen-bond acceptors (Lipinski definition) is 9. The van der Waals surface area contributed by atoms with Crippen LogP contribution in [0.5, 0.6) is 5.75 Å². The molecule has 3 aromatic rings. The van der Waals surface area contributed by atoms with E-state index < -0.39 is 21.9 Å². The number of alkyl halides is 3. The molecule has 2 aliphatic heterocycles. The van der Waals surface area contributed by atoms with Gasteiger partial charge in [0.1, 0.15) is 33.0 Å². The molecule has 13 heteroatoms. The van der Waals surface area contributed by atoms with Crippen LogP contribution in [-0.4, -0.2) is 59.3 Å². The second-order valence-electron chi connectivity index (χ2n) is 8.73. The topological polar surface area (TPSA) is 110 Å². The molecular formula is C22H21F3N6O3S. The Kier molecular flexibility index (Phi) is 5.74. The zero-order valence-corrected chi connectivity index (χ0v) is 19.2. The lowest BCUT2D eigenvalue weighted by Crippen LogP contribution is -2.59. The van der Waals surface area contributed by atoms with Crippen molar-refractivity contribution in [3.63, 3.8) is 0 Å². The van der Waals surface area contributed by atoms with Crippen molar-refractivity contribution in [1.29, 1.82) is 0 Å². The summed E-state index contributed by atoms with van der Waals surface area (Å²) in [4.78, 5) is 19.4. The molecule has 9 nitrogen and oxygen atoms in total. The Hall–Kier alpha value is -3.48. The molecule has 2 fully saturated rings. The first-order valence-corrected chi connectivity index (χ1v) is 12.6. The van der Waals surface area contributed by atoms with E-state index in [1.807, 2.05) is 4.90 Å². The minimum Gasteiger partial charge on any atom is -0.406 e. The lowest BCUT2D eigenvalue weighted by molar-refractivity contribution is -0.274. The molecule has 184 valence electrons. The smallest absolute Gasteiger partial charge is 0.406 e. The van der Waals surface area contributed by atoms with Crippen molar-refractivity contribution in [2.75, 3.05) is 34.8 Å². The summed E-state index contributed by atoms with van der Waals surface area (Å²) in [6.45, 7) is 1.33. The average molecular weight is 507 g/mol. The van der Waals surface area contributed by atoms with E-state index in [0.717, 1.165) is 12.1 Å². The maximum Gasteiger partial charge on any atom is 0.573 e. The molecule has 1 N–H and O–H groups in total. The van der Waals surface area contributed by atoms with Crippen LogP contribution < -0.4 is 15.0 Å². The quantitative estimate of drug-likeness (QED) is 0.555. The van der Waals surface area contributed by atoms with Gasteiger partial charge in [0.15, 0.2) is 5.82 Å². The second kappa shape index (κ2) is 8.63. The van der Waals surface area contributed by atoms with E-state index in [1.54, 1.807) is 30.6 Å². The molecule has 1 spiro atoms. The fourth-order valence-corrected chi connectivity index (χ4v) is 6.00. The number of aromatic nitrogens is 4. The van der Waals surface area contributed by atoms with Crippen molar-refractivity contribution < 1.29 is 26.3 Å². The van der Waals surface area contributed by atoms with Crippen molar-refractivity contribution in [3.05, 3.63) is 48.9 Å². The van der Waals surface area contributed by atoms with Crippen LogP contribution in [0.1, 0.15) is 12.8 Å².